The van der Waals surface area contributed by atoms with Gasteiger partial charge in [0.1, 0.15) is 0 Å². The Bertz CT molecular complexity index is 864. The third kappa shape index (κ3) is 3.82. The van der Waals surface area contributed by atoms with Crippen molar-refractivity contribution in [3.63, 3.8) is 0 Å². The number of rotatable bonds is 4. The Hall–Kier alpha value is -2.82. The van der Waals surface area contributed by atoms with Crippen molar-refractivity contribution in [1.29, 1.82) is 0 Å². The van der Waals surface area contributed by atoms with Gasteiger partial charge in [0.25, 0.3) is 0 Å². The van der Waals surface area contributed by atoms with E-state index in [1.165, 1.54) is 11.3 Å². The van der Waals surface area contributed by atoms with E-state index in [1.807, 2.05) is 25.1 Å². The highest BCUT2D eigenvalue weighted by Gasteiger charge is 2.29. The summed E-state index contributed by atoms with van der Waals surface area (Å²) in [7, 11) is 0. The number of nitrogens with one attached hydrogen (secondary N) is 2. The van der Waals surface area contributed by atoms with Crippen LogP contribution in [0.25, 0.3) is 0 Å². The maximum absolute atomic E-state index is 12.7. The lowest BCUT2D eigenvalue weighted by molar-refractivity contribution is -0.130. The number of amides is 2. The first-order valence-electron chi connectivity index (χ1n) is 9.61. The van der Waals surface area contributed by atoms with Crippen LogP contribution in [-0.2, 0) is 22.6 Å². The highest BCUT2D eigenvalue weighted by molar-refractivity contribution is 5.96. The van der Waals surface area contributed by atoms with Gasteiger partial charge in [-0.1, -0.05) is 36.4 Å². The van der Waals surface area contributed by atoms with E-state index < -0.39 is 0 Å². The van der Waals surface area contributed by atoms with Crippen LogP contribution in [0.5, 0.6) is 0 Å². The standard InChI is InChI=1S/C22H25N3O2/c1-15-12-18(13-21(26)23-15)22(27)24-19-8-4-2-7-17(19)14-25-11-10-16-6-3-5-9-20(16)25/h2-9,15,18H,10-14H2,1H3,(H,23,26)(H,24,27)/t15-,18+/m0/s1. The van der Waals surface area contributed by atoms with E-state index in [2.05, 4.69) is 45.9 Å². The molecule has 0 unspecified atom stereocenters. The summed E-state index contributed by atoms with van der Waals surface area (Å²) >= 11 is 0. The van der Waals surface area contributed by atoms with Crippen molar-refractivity contribution in [3.05, 3.63) is 59.7 Å². The number of fused-ring (bicyclic) bond motifs is 1. The molecule has 2 aliphatic rings. The molecule has 140 valence electrons. The molecule has 0 aliphatic carbocycles. The lowest BCUT2D eigenvalue weighted by atomic mass is 9.92. The summed E-state index contributed by atoms with van der Waals surface area (Å²) in [5.74, 6) is -0.379. The zero-order valence-corrected chi connectivity index (χ0v) is 15.6. The number of nitrogens with zero attached hydrogens (tertiary/aromatic N) is 1. The molecule has 0 radical (unpaired) electrons. The summed E-state index contributed by atoms with van der Waals surface area (Å²) in [6.45, 7) is 3.69. The van der Waals surface area contributed by atoms with Crippen LogP contribution in [0.3, 0.4) is 0 Å². The van der Waals surface area contributed by atoms with Crippen molar-refractivity contribution in [2.75, 3.05) is 16.8 Å². The van der Waals surface area contributed by atoms with Gasteiger partial charge in [0.05, 0.1) is 0 Å². The van der Waals surface area contributed by atoms with E-state index in [9.17, 15) is 9.59 Å². The van der Waals surface area contributed by atoms with Crippen molar-refractivity contribution in [2.45, 2.75) is 38.8 Å². The Morgan fingerprint density at radius 3 is 2.81 bits per heavy atom. The monoisotopic (exact) mass is 363 g/mol. The molecule has 2 amide bonds. The molecule has 0 saturated carbocycles. The molecule has 5 heteroatoms. The molecule has 27 heavy (non-hydrogen) atoms. The fourth-order valence-corrected chi connectivity index (χ4v) is 4.12. The predicted molar refractivity (Wildman–Crippen MR) is 107 cm³/mol. The molecule has 1 fully saturated rings. The Morgan fingerprint density at radius 1 is 1.19 bits per heavy atom. The first-order valence-corrected chi connectivity index (χ1v) is 9.61. The summed E-state index contributed by atoms with van der Waals surface area (Å²) in [6.07, 6.45) is 2.00. The first kappa shape index (κ1) is 17.6. The first-order chi connectivity index (χ1) is 13.1. The van der Waals surface area contributed by atoms with E-state index in [4.69, 9.17) is 0 Å². The molecule has 2 heterocycles. The molecule has 2 N–H and O–H groups in total. The average Bonchev–Trinajstić information content (AvgIpc) is 3.05. The van der Waals surface area contributed by atoms with Gasteiger partial charge in [-0.15, -0.1) is 0 Å². The minimum absolute atomic E-state index is 0.0401. The molecule has 2 aliphatic heterocycles. The molecular weight excluding hydrogens is 338 g/mol. The van der Waals surface area contributed by atoms with Gasteiger partial charge in [0.15, 0.2) is 0 Å². The summed E-state index contributed by atoms with van der Waals surface area (Å²) < 4.78 is 0. The third-order valence-electron chi connectivity index (χ3n) is 5.47. The molecule has 0 bridgehead atoms. The van der Waals surface area contributed by atoms with E-state index in [-0.39, 0.29) is 30.2 Å². The second-order valence-electron chi connectivity index (χ2n) is 7.55. The molecule has 2 aromatic rings. The number of carbonyl (C=O) groups is 2. The molecule has 0 aromatic heterocycles. The van der Waals surface area contributed by atoms with Gasteiger partial charge in [-0.3, -0.25) is 9.59 Å². The van der Waals surface area contributed by atoms with Gasteiger partial charge in [-0.05, 0) is 43.0 Å². The number of benzene rings is 2. The van der Waals surface area contributed by atoms with Gasteiger partial charge in [-0.25, -0.2) is 0 Å². The Kier molecular flexibility index (Phi) is 4.84. The van der Waals surface area contributed by atoms with Crippen LogP contribution in [0.15, 0.2) is 48.5 Å². The lowest BCUT2D eigenvalue weighted by Gasteiger charge is -2.27. The van der Waals surface area contributed by atoms with Crippen molar-refractivity contribution >= 4 is 23.2 Å². The van der Waals surface area contributed by atoms with Crippen LogP contribution < -0.4 is 15.5 Å². The van der Waals surface area contributed by atoms with Crippen LogP contribution in [0.2, 0.25) is 0 Å². The van der Waals surface area contributed by atoms with Crippen molar-refractivity contribution in [3.8, 4) is 0 Å². The molecule has 2 aromatic carbocycles. The van der Waals surface area contributed by atoms with Gasteiger partial charge in [-0.2, -0.15) is 0 Å². The highest BCUT2D eigenvalue weighted by Crippen LogP contribution is 2.30. The number of hydrogen-bond acceptors (Lipinski definition) is 3. The summed E-state index contributed by atoms with van der Waals surface area (Å²) in [5, 5.41) is 5.95. The molecular formula is C22H25N3O2. The van der Waals surface area contributed by atoms with Crippen molar-refractivity contribution in [2.24, 2.45) is 5.92 Å². The molecule has 2 atom stereocenters. The van der Waals surface area contributed by atoms with Crippen LogP contribution in [0.1, 0.15) is 30.9 Å². The summed E-state index contributed by atoms with van der Waals surface area (Å²) in [5.41, 5.74) is 4.58. The van der Waals surface area contributed by atoms with E-state index in [0.29, 0.717) is 6.42 Å². The van der Waals surface area contributed by atoms with E-state index >= 15 is 0 Å². The smallest absolute Gasteiger partial charge is 0.228 e. The fourth-order valence-electron chi connectivity index (χ4n) is 4.12. The van der Waals surface area contributed by atoms with Gasteiger partial charge in [0.2, 0.25) is 11.8 Å². The van der Waals surface area contributed by atoms with Crippen LogP contribution in [0, 0.1) is 5.92 Å². The SMILES string of the molecule is C[C@H]1C[C@@H](C(=O)Nc2ccccc2CN2CCc3ccccc32)CC(=O)N1. The van der Waals surface area contributed by atoms with Crippen LogP contribution >= 0.6 is 0 Å². The highest BCUT2D eigenvalue weighted by atomic mass is 16.2. The van der Waals surface area contributed by atoms with Crippen LogP contribution in [0.4, 0.5) is 11.4 Å². The fraction of sp³-hybridized carbons (Fsp3) is 0.364. The summed E-state index contributed by atoms with van der Waals surface area (Å²) in [4.78, 5) is 26.9. The molecule has 1 saturated heterocycles. The molecule has 0 spiro atoms. The number of para-hydroxylation sites is 2. The maximum Gasteiger partial charge on any atom is 0.228 e. The molecule has 4 rings (SSSR count). The van der Waals surface area contributed by atoms with E-state index in [0.717, 1.165) is 30.8 Å². The van der Waals surface area contributed by atoms with Gasteiger partial charge < -0.3 is 15.5 Å². The number of anilines is 2. The predicted octanol–water partition coefficient (Wildman–Crippen LogP) is 3.10. The van der Waals surface area contributed by atoms with E-state index in [1.54, 1.807) is 0 Å². The Labute approximate surface area is 159 Å². The van der Waals surface area contributed by atoms with Crippen LogP contribution in [-0.4, -0.2) is 24.4 Å². The zero-order valence-electron chi connectivity index (χ0n) is 15.6. The zero-order chi connectivity index (χ0) is 18.8. The topological polar surface area (TPSA) is 61.4 Å². The molecule has 5 nitrogen and oxygen atoms in total. The largest absolute Gasteiger partial charge is 0.367 e. The second-order valence-corrected chi connectivity index (χ2v) is 7.55. The quantitative estimate of drug-likeness (QED) is 0.877. The number of carbonyl (C=O) groups excluding carboxylic acids is 2. The second kappa shape index (κ2) is 7.43. The Morgan fingerprint density at radius 2 is 1.96 bits per heavy atom. The maximum atomic E-state index is 12.7. The lowest BCUT2D eigenvalue weighted by Crippen LogP contribution is -2.44. The van der Waals surface area contributed by atoms with Crippen molar-refractivity contribution < 1.29 is 9.59 Å². The Balaban J connectivity index is 1.49. The normalized spacial score (nSPS) is 21.5. The average molecular weight is 363 g/mol. The number of hydrogen-bond donors (Lipinski definition) is 2. The van der Waals surface area contributed by atoms with Gasteiger partial charge in [0, 0.05) is 42.8 Å². The summed E-state index contributed by atoms with van der Waals surface area (Å²) in [6, 6.07) is 16.5. The van der Waals surface area contributed by atoms with Crippen molar-refractivity contribution in [1.82, 2.24) is 5.32 Å². The number of piperidine rings is 1. The minimum atomic E-state index is -0.269. The third-order valence-corrected chi connectivity index (χ3v) is 5.47. The van der Waals surface area contributed by atoms with Gasteiger partial charge >= 0.3 is 0 Å². The minimum Gasteiger partial charge on any atom is -0.367 e.